The Morgan fingerprint density at radius 2 is 2.12 bits per heavy atom. The van der Waals surface area contributed by atoms with Crippen molar-refractivity contribution in [3.63, 3.8) is 0 Å². The second kappa shape index (κ2) is 5.63. The fraction of sp³-hybridized carbons (Fsp3) is 0.417. The molecule has 2 rings (SSSR count). The Balaban J connectivity index is 2.04. The lowest BCUT2D eigenvalue weighted by Crippen LogP contribution is -2.37. The second-order valence-electron chi connectivity index (χ2n) is 4.04. The van der Waals surface area contributed by atoms with E-state index in [0.717, 1.165) is 36.7 Å². The van der Waals surface area contributed by atoms with Gasteiger partial charge >= 0.3 is 0 Å². The summed E-state index contributed by atoms with van der Waals surface area (Å²) in [6, 6.07) is 7.44. The van der Waals surface area contributed by atoms with E-state index < -0.39 is 10.8 Å². The van der Waals surface area contributed by atoms with Crippen molar-refractivity contribution in [2.24, 2.45) is 0 Å². The summed E-state index contributed by atoms with van der Waals surface area (Å²) in [5, 5.41) is 9.39. The maximum atomic E-state index is 11.2. The summed E-state index contributed by atoms with van der Waals surface area (Å²) < 4.78 is 11.2. The molecule has 1 aromatic rings. The van der Waals surface area contributed by atoms with Gasteiger partial charge in [-0.3, -0.25) is 9.11 Å². The number of nitriles is 1. The van der Waals surface area contributed by atoms with Gasteiger partial charge in [0.05, 0.1) is 11.6 Å². The zero-order valence-corrected chi connectivity index (χ0v) is 10.9. The molecule has 90 valence electrons. The number of hydrogen-bond donors (Lipinski definition) is 0. The van der Waals surface area contributed by atoms with Crippen molar-refractivity contribution in [1.29, 1.82) is 5.26 Å². The second-order valence-corrected chi connectivity index (χ2v) is 6.15. The Kier molecular flexibility index (Phi) is 4.16. The summed E-state index contributed by atoms with van der Waals surface area (Å²) in [5.41, 5.74) is 1.61. The standard InChI is InChI=1S/C12H13ClN2OS/c13-12-7-10(8-14)1-2-11(12)9-15-3-5-17(16)6-4-15/h1-2,7H,3-6,9H2. The molecule has 0 aliphatic carbocycles. The van der Waals surface area contributed by atoms with Gasteiger partial charge in [0.15, 0.2) is 0 Å². The average Bonchev–Trinajstić information content (AvgIpc) is 2.34. The molecule has 1 aliphatic rings. The molecule has 1 heterocycles. The predicted molar refractivity (Wildman–Crippen MR) is 69.3 cm³/mol. The van der Waals surface area contributed by atoms with E-state index in [4.69, 9.17) is 16.9 Å². The van der Waals surface area contributed by atoms with Crippen molar-refractivity contribution in [2.75, 3.05) is 24.6 Å². The summed E-state index contributed by atoms with van der Waals surface area (Å²) in [6.45, 7) is 2.47. The molecule has 3 nitrogen and oxygen atoms in total. The lowest BCUT2D eigenvalue weighted by Gasteiger charge is -2.26. The molecule has 0 atom stereocenters. The van der Waals surface area contributed by atoms with Gasteiger partial charge in [-0.15, -0.1) is 0 Å². The van der Waals surface area contributed by atoms with E-state index in [9.17, 15) is 4.21 Å². The maximum Gasteiger partial charge on any atom is 0.0992 e. The van der Waals surface area contributed by atoms with E-state index in [0.29, 0.717) is 10.6 Å². The van der Waals surface area contributed by atoms with Crippen LogP contribution < -0.4 is 0 Å². The van der Waals surface area contributed by atoms with Crippen LogP contribution in [0.25, 0.3) is 0 Å². The molecule has 1 aromatic carbocycles. The Bertz CT molecular complexity index is 474. The maximum absolute atomic E-state index is 11.2. The van der Waals surface area contributed by atoms with Gasteiger partial charge in [-0.25, -0.2) is 0 Å². The van der Waals surface area contributed by atoms with Crippen molar-refractivity contribution >= 4 is 22.4 Å². The highest BCUT2D eigenvalue weighted by molar-refractivity contribution is 7.85. The van der Waals surface area contributed by atoms with Gasteiger partial charge in [-0.1, -0.05) is 17.7 Å². The third kappa shape index (κ3) is 3.29. The fourth-order valence-corrected chi connectivity index (χ4v) is 3.19. The van der Waals surface area contributed by atoms with Gasteiger partial charge in [-0.2, -0.15) is 5.26 Å². The van der Waals surface area contributed by atoms with Gasteiger partial charge in [-0.05, 0) is 17.7 Å². The van der Waals surface area contributed by atoms with Crippen LogP contribution in [0.2, 0.25) is 5.02 Å². The number of rotatable bonds is 2. The average molecular weight is 269 g/mol. The van der Waals surface area contributed by atoms with Gasteiger partial charge in [0.2, 0.25) is 0 Å². The first kappa shape index (κ1) is 12.6. The van der Waals surface area contributed by atoms with Gasteiger partial charge < -0.3 is 0 Å². The highest BCUT2D eigenvalue weighted by atomic mass is 35.5. The molecule has 0 N–H and O–H groups in total. The molecule has 0 bridgehead atoms. The summed E-state index contributed by atoms with van der Waals surface area (Å²) in [5.74, 6) is 1.49. The zero-order chi connectivity index (χ0) is 12.3. The molecule has 0 saturated carbocycles. The van der Waals surface area contributed by atoms with E-state index in [2.05, 4.69) is 11.0 Å². The highest BCUT2D eigenvalue weighted by Gasteiger charge is 2.16. The summed E-state index contributed by atoms with van der Waals surface area (Å²) in [7, 11) is -0.647. The third-order valence-corrected chi connectivity index (χ3v) is 4.47. The van der Waals surface area contributed by atoms with Crippen molar-refractivity contribution in [2.45, 2.75) is 6.54 Å². The molecular weight excluding hydrogens is 256 g/mol. The van der Waals surface area contributed by atoms with Crippen LogP contribution in [0.1, 0.15) is 11.1 Å². The Morgan fingerprint density at radius 1 is 1.41 bits per heavy atom. The van der Waals surface area contributed by atoms with Crippen molar-refractivity contribution in [1.82, 2.24) is 4.90 Å². The van der Waals surface area contributed by atoms with E-state index in [1.807, 2.05) is 6.07 Å². The quantitative estimate of drug-likeness (QED) is 0.821. The Morgan fingerprint density at radius 3 is 2.71 bits per heavy atom. The topological polar surface area (TPSA) is 44.1 Å². The first-order valence-corrected chi connectivity index (χ1v) is 7.31. The Labute approximate surface area is 108 Å². The molecule has 0 aromatic heterocycles. The smallest absolute Gasteiger partial charge is 0.0992 e. The first-order chi connectivity index (χ1) is 8.19. The van der Waals surface area contributed by atoms with Crippen molar-refractivity contribution < 1.29 is 4.21 Å². The number of nitrogens with zero attached hydrogens (tertiary/aromatic N) is 2. The summed E-state index contributed by atoms with van der Waals surface area (Å²) in [6.07, 6.45) is 0. The van der Waals surface area contributed by atoms with Crippen LogP contribution in [-0.4, -0.2) is 33.7 Å². The number of halogens is 1. The molecule has 0 spiro atoms. The summed E-state index contributed by atoms with van der Waals surface area (Å²) in [4.78, 5) is 2.24. The van der Waals surface area contributed by atoms with Gasteiger partial charge in [0.1, 0.15) is 0 Å². The van der Waals surface area contributed by atoms with Gasteiger partial charge in [0, 0.05) is 47.0 Å². The minimum atomic E-state index is -0.647. The molecule has 1 fully saturated rings. The van der Waals surface area contributed by atoms with Crippen LogP contribution in [0.3, 0.4) is 0 Å². The zero-order valence-electron chi connectivity index (χ0n) is 9.36. The SMILES string of the molecule is N#Cc1ccc(CN2CCS(=O)CC2)c(Cl)c1. The highest BCUT2D eigenvalue weighted by Crippen LogP contribution is 2.20. The largest absolute Gasteiger partial charge is 0.297 e. The fourth-order valence-electron chi connectivity index (χ4n) is 1.82. The van der Waals surface area contributed by atoms with Crippen LogP contribution in [0.5, 0.6) is 0 Å². The lowest BCUT2D eigenvalue weighted by atomic mass is 10.1. The van der Waals surface area contributed by atoms with Crippen LogP contribution in [0.4, 0.5) is 0 Å². The first-order valence-electron chi connectivity index (χ1n) is 5.45. The van der Waals surface area contributed by atoms with Crippen LogP contribution in [-0.2, 0) is 17.3 Å². The molecule has 17 heavy (non-hydrogen) atoms. The molecule has 1 aliphatic heterocycles. The molecular formula is C12H13ClN2OS. The van der Waals surface area contributed by atoms with E-state index in [1.165, 1.54) is 0 Å². The van der Waals surface area contributed by atoms with E-state index in [-0.39, 0.29) is 0 Å². The minimum Gasteiger partial charge on any atom is -0.297 e. The van der Waals surface area contributed by atoms with E-state index >= 15 is 0 Å². The molecule has 0 unspecified atom stereocenters. The van der Waals surface area contributed by atoms with Crippen LogP contribution >= 0.6 is 11.6 Å². The number of benzene rings is 1. The normalized spacial score (nSPS) is 17.9. The molecule has 0 radical (unpaired) electrons. The third-order valence-electron chi connectivity index (χ3n) is 2.85. The molecule has 5 heteroatoms. The van der Waals surface area contributed by atoms with Crippen molar-refractivity contribution in [3.8, 4) is 6.07 Å². The molecule has 1 saturated heterocycles. The monoisotopic (exact) mass is 268 g/mol. The molecule has 0 amide bonds. The minimum absolute atomic E-state index is 0.582. The van der Waals surface area contributed by atoms with Crippen molar-refractivity contribution in [3.05, 3.63) is 34.3 Å². The van der Waals surface area contributed by atoms with Gasteiger partial charge in [0.25, 0.3) is 0 Å². The Hall–Kier alpha value is -0.890. The number of hydrogen-bond acceptors (Lipinski definition) is 3. The van der Waals surface area contributed by atoms with Crippen LogP contribution in [0, 0.1) is 11.3 Å². The lowest BCUT2D eigenvalue weighted by molar-refractivity contribution is 0.291. The predicted octanol–water partition coefficient (Wildman–Crippen LogP) is 1.78. The summed E-state index contributed by atoms with van der Waals surface area (Å²) >= 11 is 6.12. The van der Waals surface area contributed by atoms with E-state index in [1.54, 1.807) is 12.1 Å². The van der Waals surface area contributed by atoms with Crippen LogP contribution in [0.15, 0.2) is 18.2 Å².